The lowest BCUT2D eigenvalue weighted by molar-refractivity contribution is 0.101. The van der Waals surface area contributed by atoms with E-state index < -0.39 is 0 Å². The highest BCUT2D eigenvalue weighted by molar-refractivity contribution is 6.04. The average molecular weight is 387 g/mol. The molecule has 0 aliphatic heterocycles. The van der Waals surface area contributed by atoms with Gasteiger partial charge in [-0.2, -0.15) is 0 Å². The monoisotopic (exact) mass is 387 g/mol. The number of amides is 1. The third-order valence-electron chi connectivity index (χ3n) is 4.57. The van der Waals surface area contributed by atoms with Crippen molar-refractivity contribution in [1.82, 2.24) is 4.98 Å². The Morgan fingerprint density at radius 1 is 0.862 bits per heavy atom. The molecular formula is C24H25N3O2. The molecule has 5 heteroatoms. The van der Waals surface area contributed by atoms with Gasteiger partial charge in [0.05, 0.1) is 5.56 Å². The van der Waals surface area contributed by atoms with Gasteiger partial charge in [0.15, 0.2) is 5.78 Å². The molecule has 0 bridgehead atoms. The van der Waals surface area contributed by atoms with Gasteiger partial charge in [0.1, 0.15) is 5.82 Å². The van der Waals surface area contributed by atoms with Crippen molar-refractivity contribution < 1.29 is 9.59 Å². The number of ketones is 1. The molecule has 1 amide bonds. The lowest BCUT2D eigenvalue weighted by Gasteiger charge is -2.23. The zero-order chi connectivity index (χ0) is 21.0. The smallest absolute Gasteiger partial charge is 0.257 e. The van der Waals surface area contributed by atoms with Gasteiger partial charge in [0.2, 0.25) is 0 Å². The molecule has 0 atom stereocenters. The average Bonchev–Trinajstić information content (AvgIpc) is 2.68. The minimum absolute atomic E-state index is 0.0260. The first-order valence-electron chi connectivity index (χ1n) is 9.49. The summed E-state index contributed by atoms with van der Waals surface area (Å²) in [5.41, 5.74) is 3.76. The summed E-state index contributed by atoms with van der Waals surface area (Å²) < 4.78 is 0. The maximum Gasteiger partial charge on any atom is 0.257 e. The number of para-hydroxylation sites is 1. The molecule has 1 aromatic heterocycles. The van der Waals surface area contributed by atoms with E-state index in [-0.39, 0.29) is 17.1 Å². The fraction of sp³-hybridized carbons (Fsp3) is 0.208. The Morgan fingerprint density at radius 3 is 2.10 bits per heavy atom. The Bertz CT molecular complexity index is 1020. The quantitative estimate of drug-likeness (QED) is 0.561. The van der Waals surface area contributed by atoms with Crippen molar-refractivity contribution in [2.24, 2.45) is 0 Å². The van der Waals surface area contributed by atoms with Gasteiger partial charge in [-0.25, -0.2) is 4.98 Å². The van der Waals surface area contributed by atoms with Crippen molar-refractivity contribution >= 4 is 28.9 Å². The Balaban J connectivity index is 1.70. The SMILES string of the molecule is CC(=O)c1ccc(Nc2ccc(C(=O)Nc3ccccc3C(C)(C)C)cn2)cc1. The molecule has 0 radical (unpaired) electrons. The van der Waals surface area contributed by atoms with Crippen LogP contribution >= 0.6 is 0 Å². The summed E-state index contributed by atoms with van der Waals surface area (Å²) in [5, 5.41) is 6.15. The minimum atomic E-state index is -0.202. The number of nitrogens with zero attached hydrogens (tertiary/aromatic N) is 1. The van der Waals surface area contributed by atoms with Crippen molar-refractivity contribution in [1.29, 1.82) is 0 Å². The van der Waals surface area contributed by atoms with E-state index >= 15 is 0 Å². The van der Waals surface area contributed by atoms with Gasteiger partial charge in [-0.3, -0.25) is 9.59 Å². The first-order valence-corrected chi connectivity index (χ1v) is 9.49. The highest BCUT2D eigenvalue weighted by Gasteiger charge is 2.19. The number of hydrogen-bond donors (Lipinski definition) is 2. The molecule has 3 rings (SSSR count). The van der Waals surface area contributed by atoms with E-state index in [1.54, 1.807) is 30.5 Å². The van der Waals surface area contributed by atoms with Gasteiger partial charge in [0.25, 0.3) is 5.91 Å². The highest BCUT2D eigenvalue weighted by Crippen LogP contribution is 2.29. The van der Waals surface area contributed by atoms with Crippen LogP contribution in [0.3, 0.4) is 0 Å². The summed E-state index contributed by atoms with van der Waals surface area (Å²) in [6.07, 6.45) is 1.54. The Morgan fingerprint density at radius 2 is 1.52 bits per heavy atom. The second kappa shape index (κ2) is 8.27. The second-order valence-corrected chi connectivity index (χ2v) is 7.94. The summed E-state index contributed by atoms with van der Waals surface area (Å²) >= 11 is 0. The van der Waals surface area contributed by atoms with Crippen molar-refractivity contribution in [3.8, 4) is 0 Å². The third-order valence-corrected chi connectivity index (χ3v) is 4.57. The molecule has 0 saturated carbocycles. The van der Waals surface area contributed by atoms with Crippen LogP contribution in [0.5, 0.6) is 0 Å². The van der Waals surface area contributed by atoms with Crippen molar-refractivity contribution in [3.05, 3.63) is 83.6 Å². The molecule has 0 fully saturated rings. The van der Waals surface area contributed by atoms with Crippen molar-refractivity contribution in [2.45, 2.75) is 33.1 Å². The molecule has 1 heterocycles. The normalized spacial score (nSPS) is 11.0. The van der Waals surface area contributed by atoms with Crippen LogP contribution in [0.1, 0.15) is 54.0 Å². The number of carbonyl (C=O) groups is 2. The Kier molecular flexibility index (Phi) is 5.78. The van der Waals surface area contributed by atoms with Crippen LogP contribution < -0.4 is 10.6 Å². The van der Waals surface area contributed by atoms with E-state index in [0.29, 0.717) is 16.9 Å². The first kappa shape index (κ1) is 20.3. The first-order chi connectivity index (χ1) is 13.7. The molecule has 0 aliphatic rings. The zero-order valence-corrected chi connectivity index (χ0v) is 17.1. The number of nitrogens with one attached hydrogen (secondary N) is 2. The lowest BCUT2D eigenvalue weighted by Crippen LogP contribution is -2.18. The zero-order valence-electron chi connectivity index (χ0n) is 17.1. The molecule has 2 N–H and O–H groups in total. The van der Waals surface area contributed by atoms with E-state index in [0.717, 1.165) is 16.9 Å². The van der Waals surface area contributed by atoms with Crippen LogP contribution in [0, 0.1) is 0 Å². The van der Waals surface area contributed by atoms with Crippen molar-refractivity contribution in [3.63, 3.8) is 0 Å². The standard InChI is InChI=1S/C24H25N3O2/c1-16(28)17-9-12-19(13-10-17)26-22-14-11-18(15-25-22)23(29)27-21-8-6-5-7-20(21)24(2,3)4/h5-15H,1-4H3,(H,25,26)(H,27,29). The molecule has 0 unspecified atom stereocenters. The van der Waals surface area contributed by atoms with Crippen LogP contribution in [-0.4, -0.2) is 16.7 Å². The predicted molar refractivity (Wildman–Crippen MR) is 117 cm³/mol. The van der Waals surface area contributed by atoms with Crippen LogP contribution in [-0.2, 0) is 5.41 Å². The summed E-state index contributed by atoms with van der Waals surface area (Å²) in [6, 6.07) is 18.5. The maximum absolute atomic E-state index is 12.7. The predicted octanol–water partition coefficient (Wildman–Crippen LogP) is 5.58. The summed E-state index contributed by atoms with van der Waals surface area (Å²) in [6.45, 7) is 7.88. The number of aromatic nitrogens is 1. The van der Waals surface area contributed by atoms with Crippen LogP contribution in [0.25, 0.3) is 0 Å². The number of carbonyl (C=O) groups excluding carboxylic acids is 2. The fourth-order valence-corrected chi connectivity index (χ4v) is 2.98. The third kappa shape index (κ3) is 5.08. The van der Waals surface area contributed by atoms with Crippen LogP contribution in [0.4, 0.5) is 17.2 Å². The fourth-order valence-electron chi connectivity index (χ4n) is 2.98. The van der Waals surface area contributed by atoms with Crippen LogP contribution in [0.2, 0.25) is 0 Å². The lowest BCUT2D eigenvalue weighted by atomic mass is 9.86. The Hall–Kier alpha value is -3.47. The summed E-state index contributed by atoms with van der Waals surface area (Å²) in [5.74, 6) is 0.442. The summed E-state index contributed by atoms with van der Waals surface area (Å²) in [4.78, 5) is 28.3. The largest absolute Gasteiger partial charge is 0.340 e. The van der Waals surface area contributed by atoms with E-state index in [1.165, 1.54) is 6.92 Å². The van der Waals surface area contributed by atoms with E-state index in [1.807, 2.05) is 36.4 Å². The summed E-state index contributed by atoms with van der Waals surface area (Å²) in [7, 11) is 0. The molecule has 148 valence electrons. The van der Waals surface area contributed by atoms with Gasteiger partial charge in [-0.05, 0) is 60.4 Å². The van der Waals surface area contributed by atoms with E-state index in [9.17, 15) is 9.59 Å². The number of benzene rings is 2. The molecule has 0 saturated heterocycles. The molecular weight excluding hydrogens is 362 g/mol. The highest BCUT2D eigenvalue weighted by atomic mass is 16.1. The number of anilines is 3. The molecule has 0 aliphatic carbocycles. The van der Waals surface area contributed by atoms with E-state index in [2.05, 4.69) is 36.4 Å². The van der Waals surface area contributed by atoms with E-state index in [4.69, 9.17) is 0 Å². The van der Waals surface area contributed by atoms with Gasteiger partial charge >= 0.3 is 0 Å². The maximum atomic E-state index is 12.7. The molecule has 2 aromatic carbocycles. The van der Waals surface area contributed by atoms with Gasteiger partial charge < -0.3 is 10.6 Å². The topological polar surface area (TPSA) is 71.1 Å². The van der Waals surface area contributed by atoms with Crippen molar-refractivity contribution in [2.75, 3.05) is 10.6 Å². The molecule has 3 aromatic rings. The van der Waals surface area contributed by atoms with Crippen LogP contribution in [0.15, 0.2) is 66.9 Å². The minimum Gasteiger partial charge on any atom is -0.340 e. The number of pyridine rings is 1. The molecule has 5 nitrogen and oxygen atoms in total. The molecule has 0 spiro atoms. The number of Topliss-reactive ketones (excluding diaryl/α,β-unsaturated/α-hetero) is 1. The van der Waals surface area contributed by atoms with Gasteiger partial charge in [-0.1, -0.05) is 39.0 Å². The Labute approximate surface area is 171 Å². The number of hydrogen-bond acceptors (Lipinski definition) is 4. The van der Waals surface area contributed by atoms with Gasteiger partial charge in [0, 0.05) is 23.1 Å². The number of rotatable bonds is 5. The molecule has 29 heavy (non-hydrogen) atoms. The van der Waals surface area contributed by atoms with Gasteiger partial charge in [-0.15, -0.1) is 0 Å². The second-order valence-electron chi connectivity index (χ2n) is 7.94.